The van der Waals surface area contributed by atoms with Crippen molar-refractivity contribution in [2.24, 2.45) is 0 Å². The fraction of sp³-hybridized carbons (Fsp3) is 0.125. The van der Waals surface area contributed by atoms with E-state index in [2.05, 4.69) is 21.3 Å². The van der Waals surface area contributed by atoms with Gasteiger partial charge in [0.05, 0.1) is 50.1 Å². The van der Waals surface area contributed by atoms with Gasteiger partial charge in [-0.1, -0.05) is 72.8 Å². The molecule has 0 aliphatic carbocycles. The maximum Gasteiger partial charge on any atom is 0.0605 e. The molecular weight excluding hydrogens is 776 g/mol. The first-order valence-electron chi connectivity index (χ1n) is 13.1. The second-order valence-corrected chi connectivity index (χ2v) is 8.37. The molecule has 0 amide bonds. The zero-order valence-electron chi connectivity index (χ0n) is 24.1. The van der Waals surface area contributed by atoms with Gasteiger partial charge >= 0.3 is 0 Å². The summed E-state index contributed by atoms with van der Waals surface area (Å²) in [6.45, 7) is -0.595. The molecule has 0 spiro atoms. The van der Waals surface area contributed by atoms with Crippen LogP contribution in [0.3, 0.4) is 0 Å². The molecule has 236 valence electrons. The first-order valence-corrected chi connectivity index (χ1v) is 13.1. The van der Waals surface area contributed by atoms with Crippen molar-refractivity contribution < 1.29 is 39.6 Å². The van der Waals surface area contributed by atoms with Crippen LogP contribution in [-0.4, -0.2) is 77.4 Å². The van der Waals surface area contributed by atoms with Crippen LogP contribution in [0.1, 0.15) is 0 Å². The number of carboxylic acids is 4. The van der Waals surface area contributed by atoms with Crippen LogP contribution in [0, 0.1) is 0 Å². The Labute approximate surface area is 281 Å². The Morgan fingerprint density at radius 3 is 0.644 bits per heavy atom. The predicted octanol–water partition coefficient (Wildman–Crippen LogP) is -0.987. The van der Waals surface area contributed by atoms with Crippen molar-refractivity contribution in [3.8, 4) is 0 Å². The maximum atomic E-state index is 10.00. The molecule has 0 fully saturated rings. The molecule has 4 radical (unpaired) electrons. The molecule has 0 saturated carbocycles. The Hall–Kier alpha value is -5.12. The van der Waals surface area contributed by atoms with Crippen molar-refractivity contribution >= 4 is 73.9 Å². The number of para-hydroxylation sites is 4. The van der Waals surface area contributed by atoms with E-state index in [1.54, 1.807) is 48.5 Å². The number of rotatable bonds is 12. The van der Waals surface area contributed by atoms with Gasteiger partial charge in [-0.15, -0.1) is 0 Å². The summed E-state index contributed by atoms with van der Waals surface area (Å²) < 4.78 is 0. The minimum atomic E-state index is -1.10. The number of hydrogen-bond acceptors (Lipinski definition) is 12. The summed E-state index contributed by atoms with van der Waals surface area (Å²) in [6, 6.07) is 36.5. The molecule has 0 unspecified atom stereocenters. The van der Waals surface area contributed by atoms with Crippen LogP contribution in [0.2, 0.25) is 0 Å². The van der Waals surface area contributed by atoms with E-state index < -0.39 is 23.9 Å². The van der Waals surface area contributed by atoms with Crippen LogP contribution in [0.4, 0.5) is 22.7 Å². The van der Waals surface area contributed by atoms with Crippen molar-refractivity contribution in [1.29, 1.82) is 0 Å². The van der Waals surface area contributed by atoms with E-state index in [-0.39, 0.29) is 53.5 Å². The third-order valence-corrected chi connectivity index (χ3v) is 4.84. The standard InChI is InChI=1S/4C8H9NO2.Pb/c4*10-8(11)6-9-7-4-2-1-3-5-7;/h4*1-5,9H,6H2,(H,10,11);/p-4. The molecule has 12 nitrogen and oxygen atoms in total. The molecule has 0 aliphatic rings. The second-order valence-electron chi connectivity index (χ2n) is 8.37. The Kier molecular flexibility index (Phi) is 22.5. The first kappa shape index (κ1) is 39.9. The number of carbonyl (C=O) groups is 4. The van der Waals surface area contributed by atoms with Gasteiger partial charge in [0.1, 0.15) is 0 Å². The summed E-state index contributed by atoms with van der Waals surface area (Å²) in [5.41, 5.74) is 3.15. The fourth-order valence-electron chi connectivity index (χ4n) is 2.92. The molecule has 0 heterocycles. The summed E-state index contributed by atoms with van der Waals surface area (Å²) in [7, 11) is 0. The van der Waals surface area contributed by atoms with Crippen LogP contribution in [-0.2, 0) is 19.2 Å². The van der Waals surface area contributed by atoms with E-state index in [1.807, 2.05) is 72.8 Å². The summed E-state index contributed by atoms with van der Waals surface area (Å²) in [5, 5.41) is 50.7. The molecule has 4 rings (SSSR count). The number of nitrogens with one attached hydrogen (secondary N) is 4. The van der Waals surface area contributed by atoms with Gasteiger partial charge in [0.25, 0.3) is 0 Å². The van der Waals surface area contributed by atoms with Crippen molar-refractivity contribution in [2.75, 3.05) is 47.4 Å². The molecule has 45 heavy (non-hydrogen) atoms. The van der Waals surface area contributed by atoms with Crippen molar-refractivity contribution in [3.63, 3.8) is 0 Å². The summed E-state index contributed by atoms with van der Waals surface area (Å²) in [4.78, 5) is 40.0. The first-order chi connectivity index (χ1) is 21.2. The monoisotopic (exact) mass is 808 g/mol. The Balaban J connectivity index is 0.000000569. The van der Waals surface area contributed by atoms with Crippen LogP contribution in [0.5, 0.6) is 0 Å². The number of benzene rings is 4. The average Bonchev–Trinajstić information content (AvgIpc) is 3.04. The number of hydrogen-bond donors (Lipinski definition) is 4. The van der Waals surface area contributed by atoms with Gasteiger partial charge in [0, 0.05) is 50.0 Å². The SMILES string of the molecule is O=C([O-])CNc1ccccc1.O=C([O-])CNc1ccccc1.O=C([O-])CNc1ccccc1.O=C([O-])CNc1ccccc1.[Pb]. The molecule has 4 aromatic carbocycles. The van der Waals surface area contributed by atoms with Gasteiger partial charge < -0.3 is 60.9 Å². The average molecular weight is 808 g/mol. The maximum absolute atomic E-state index is 10.00. The van der Waals surface area contributed by atoms with Gasteiger partial charge in [-0.3, -0.25) is 0 Å². The Morgan fingerprint density at radius 1 is 0.356 bits per heavy atom. The Morgan fingerprint density at radius 2 is 0.511 bits per heavy atom. The minimum absolute atomic E-state index is 0. The molecular formula is C32H32N4O8Pb-4. The summed E-state index contributed by atoms with van der Waals surface area (Å²) in [5.74, 6) is -4.41. The van der Waals surface area contributed by atoms with Crippen LogP contribution in [0.15, 0.2) is 121 Å². The van der Waals surface area contributed by atoms with E-state index in [0.717, 1.165) is 22.7 Å². The van der Waals surface area contributed by atoms with Gasteiger partial charge in [0.2, 0.25) is 0 Å². The molecule has 0 atom stereocenters. The topological polar surface area (TPSA) is 209 Å². The van der Waals surface area contributed by atoms with Gasteiger partial charge in [-0.25, -0.2) is 0 Å². The number of anilines is 4. The van der Waals surface area contributed by atoms with Crippen molar-refractivity contribution in [3.05, 3.63) is 121 Å². The van der Waals surface area contributed by atoms with E-state index in [1.165, 1.54) is 0 Å². The fourth-order valence-corrected chi connectivity index (χ4v) is 2.92. The molecule has 13 heteroatoms. The van der Waals surface area contributed by atoms with Gasteiger partial charge in [-0.05, 0) is 48.5 Å². The molecule has 0 aliphatic heterocycles. The largest absolute Gasteiger partial charge is 0.548 e. The predicted molar refractivity (Wildman–Crippen MR) is 166 cm³/mol. The number of aliphatic carboxylic acids is 4. The van der Waals surface area contributed by atoms with Crippen LogP contribution < -0.4 is 41.7 Å². The van der Waals surface area contributed by atoms with Crippen molar-refractivity contribution in [2.45, 2.75) is 0 Å². The van der Waals surface area contributed by atoms with Gasteiger partial charge in [0.15, 0.2) is 0 Å². The molecule has 0 bridgehead atoms. The van der Waals surface area contributed by atoms with Crippen molar-refractivity contribution in [1.82, 2.24) is 0 Å². The summed E-state index contributed by atoms with van der Waals surface area (Å²) >= 11 is 0. The third-order valence-electron chi connectivity index (χ3n) is 4.84. The quantitative estimate of drug-likeness (QED) is 0.127. The van der Waals surface area contributed by atoms with E-state index >= 15 is 0 Å². The van der Waals surface area contributed by atoms with Gasteiger partial charge in [-0.2, -0.15) is 0 Å². The Bertz CT molecular complexity index is 1150. The number of carboxylic acid groups (broad SMARTS) is 4. The normalized spacial score (nSPS) is 8.89. The molecule has 0 saturated heterocycles. The molecule has 4 N–H and O–H groups in total. The van der Waals surface area contributed by atoms with E-state index in [0.29, 0.717) is 0 Å². The van der Waals surface area contributed by atoms with Crippen LogP contribution in [0.25, 0.3) is 0 Å². The smallest absolute Gasteiger partial charge is 0.0605 e. The second kappa shape index (κ2) is 25.4. The van der Waals surface area contributed by atoms with Crippen LogP contribution >= 0.6 is 0 Å². The van der Waals surface area contributed by atoms with E-state index in [9.17, 15) is 39.6 Å². The zero-order chi connectivity index (χ0) is 32.4. The summed E-state index contributed by atoms with van der Waals surface area (Å²) in [6.07, 6.45) is 0. The molecule has 0 aromatic heterocycles. The minimum Gasteiger partial charge on any atom is -0.548 e. The molecule has 4 aromatic rings. The van der Waals surface area contributed by atoms with E-state index in [4.69, 9.17) is 0 Å². The number of carbonyl (C=O) groups excluding carboxylic acids is 4. The zero-order valence-corrected chi connectivity index (χ0v) is 28.0. The third kappa shape index (κ3) is 24.1.